The summed E-state index contributed by atoms with van der Waals surface area (Å²) < 4.78 is 40.4. The van der Waals surface area contributed by atoms with E-state index >= 15 is 0 Å². The summed E-state index contributed by atoms with van der Waals surface area (Å²) in [5.74, 6) is 1.29. The van der Waals surface area contributed by atoms with Crippen molar-refractivity contribution in [3.05, 3.63) is 291 Å². The Morgan fingerprint density at radius 1 is 0.463 bits per heavy atom. The van der Waals surface area contributed by atoms with Crippen molar-refractivity contribution in [1.29, 1.82) is 0 Å². The third-order valence-electron chi connectivity index (χ3n) is 15.5. The molecule has 0 aliphatic carbocycles. The summed E-state index contributed by atoms with van der Waals surface area (Å²) in [6.07, 6.45) is 1.77. The van der Waals surface area contributed by atoms with Crippen molar-refractivity contribution in [2.24, 2.45) is 0 Å². The molecule has 396 valence electrons. The summed E-state index contributed by atoms with van der Waals surface area (Å²) in [6, 6.07) is 95.6. The number of aromatic nitrogens is 3. The quantitative estimate of drug-likeness (QED) is 0.121. The number of hydrogen-bond donors (Lipinski definition) is 0. The van der Waals surface area contributed by atoms with Crippen molar-refractivity contribution in [2.75, 3.05) is 21.7 Å². The number of hydrogen-bond acceptors (Lipinski definition) is 5. The molecule has 4 heterocycles. The Balaban J connectivity index is 0.00000640. The number of rotatable bonds is 11. The smallest absolute Gasteiger partial charge is 0.135 e. The Hall–Kier alpha value is -9.94. The molecule has 7 nitrogen and oxygen atoms in total. The van der Waals surface area contributed by atoms with Crippen molar-refractivity contribution < 1.29 is 29.9 Å². The molecule has 0 saturated carbocycles. The van der Waals surface area contributed by atoms with Gasteiger partial charge in [0.2, 0.25) is 0 Å². The number of para-hydroxylation sites is 7. The van der Waals surface area contributed by atoms with Crippen molar-refractivity contribution in [2.45, 2.75) is 6.85 Å². The van der Waals surface area contributed by atoms with Gasteiger partial charge in [0.05, 0.1) is 39.1 Å². The van der Waals surface area contributed by atoms with Crippen LogP contribution in [-0.2, 0) is 21.1 Å². The van der Waals surface area contributed by atoms with Gasteiger partial charge in [-0.05, 0) is 85.2 Å². The van der Waals surface area contributed by atoms with Crippen LogP contribution in [0.25, 0.3) is 88.4 Å². The summed E-state index contributed by atoms with van der Waals surface area (Å²) in [5, 5.41) is 4.35. The van der Waals surface area contributed by atoms with Crippen LogP contribution < -0.4 is 19.4 Å². The third-order valence-corrected chi connectivity index (χ3v) is 15.5. The fraction of sp³-hybridized carbons (Fsp3) is 0.0270. The van der Waals surface area contributed by atoms with Gasteiger partial charge in [-0.15, -0.1) is 42.1 Å². The van der Waals surface area contributed by atoms with Crippen LogP contribution in [0.1, 0.15) is 9.68 Å². The Kier molecular flexibility index (Phi) is 12.0. The molecule has 0 unspecified atom stereocenters. The zero-order chi connectivity index (χ0) is 56.5. The fourth-order valence-electron chi connectivity index (χ4n) is 12.0. The van der Waals surface area contributed by atoms with Crippen molar-refractivity contribution in [3.63, 3.8) is 0 Å². The van der Waals surface area contributed by atoms with Crippen LogP contribution in [0.3, 0.4) is 0 Å². The van der Waals surface area contributed by atoms with Crippen LogP contribution in [0.2, 0.25) is 0 Å². The van der Waals surface area contributed by atoms with E-state index in [2.05, 4.69) is 201 Å². The molecule has 0 radical (unpaired) electrons. The number of anilines is 6. The summed E-state index contributed by atoms with van der Waals surface area (Å²) in [6.45, 7) is -0.622. The van der Waals surface area contributed by atoms with Gasteiger partial charge in [-0.2, -0.15) is 18.8 Å². The molecule has 8 heteroatoms. The molecule has 0 spiro atoms. The Morgan fingerprint density at radius 3 is 1.49 bits per heavy atom. The SMILES string of the molecule is [2H]C([2H])([2H])c1cc(N(c2[c-]c(Oc3[c-]c(N4[CH-]N(C)c5ccccc54)ccc3)ccc2)c2c(-c3ccccc3)cccc2-c2ccccc2)ncc1-c1c(-n2c3ccccc3c3ccccc32)cccc1-n1c2ccccc2c2ccccc21.[Pt]. The van der Waals surface area contributed by atoms with E-state index in [-0.39, 0.29) is 26.6 Å². The van der Waals surface area contributed by atoms with Crippen molar-refractivity contribution >= 4 is 77.9 Å². The number of aryl methyl sites for hydroxylation is 1. The topological polar surface area (TPSA) is 41.7 Å². The Morgan fingerprint density at radius 2 is 0.927 bits per heavy atom. The average molecular weight is 1240 g/mol. The van der Waals surface area contributed by atoms with E-state index in [1.54, 1.807) is 12.3 Å². The molecule has 0 N–H and O–H groups in total. The minimum Gasteiger partial charge on any atom is -0.509 e. The second-order valence-corrected chi connectivity index (χ2v) is 20.3. The molecular formula is C74H51N6OPt-3. The number of fused-ring (bicyclic) bond motifs is 7. The van der Waals surface area contributed by atoms with E-state index < -0.39 is 6.85 Å². The van der Waals surface area contributed by atoms with Crippen LogP contribution in [-0.4, -0.2) is 21.2 Å². The van der Waals surface area contributed by atoms with Crippen LogP contribution in [0.15, 0.2) is 267 Å². The number of ether oxygens (including phenoxy) is 1. The van der Waals surface area contributed by atoms with Gasteiger partial charge in [0.15, 0.2) is 0 Å². The predicted octanol–water partition coefficient (Wildman–Crippen LogP) is 19.2. The second kappa shape index (κ2) is 20.9. The van der Waals surface area contributed by atoms with Gasteiger partial charge in [0.25, 0.3) is 0 Å². The molecule has 0 atom stereocenters. The summed E-state index contributed by atoms with van der Waals surface area (Å²) in [4.78, 5) is 11.7. The average Bonchev–Trinajstić information content (AvgIpc) is 4.35. The van der Waals surface area contributed by atoms with E-state index in [0.29, 0.717) is 34.1 Å². The normalized spacial score (nSPS) is 12.8. The molecule has 1 aliphatic heterocycles. The first-order valence-corrected chi connectivity index (χ1v) is 27.1. The van der Waals surface area contributed by atoms with Crippen LogP contribution >= 0.6 is 0 Å². The van der Waals surface area contributed by atoms with Gasteiger partial charge in [-0.1, -0.05) is 176 Å². The monoisotopic (exact) mass is 1240 g/mol. The first-order chi connectivity index (χ1) is 41.2. The van der Waals surface area contributed by atoms with E-state index in [0.717, 1.165) is 100.0 Å². The number of pyridine rings is 1. The van der Waals surface area contributed by atoms with Crippen LogP contribution in [0.4, 0.5) is 34.3 Å². The minimum atomic E-state index is -2.66. The first kappa shape index (κ1) is 46.9. The molecule has 3 aromatic heterocycles. The van der Waals surface area contributed by atoms with Gasteiger partial charge in [-0.25, -0.2) is 4.98 Å². The van der Waals surface area contributed by atoms with Gasteiger partial charge in [0, 0.05) is 98.0 Å². The van der Waals surface area contributed by atoms with E-state index in [9.17, 15) is 4.11 Å². The maximum atomic E-state index is 9.70. The Labute approximate surface area is 495 Å². The maximum absolute atomic E-state index is 9.70. The van der Waals surface area contributed by atoms with Crippen LogP contribution in [0, 0.1) is 25.7 Å². The van der Waals surface area contributed by atoms with Crippen molar-refractivity contribution in [3.8, 4) is 56.3 Å². The molecule has 0 fully saturated rings. The molecule has 15 rings (SSSR count). The van der Waals surface area contributed by atoms with Gasteiger partial charge < -0.3 is 28.6 Å². The standard InChI is InChI=1S/C74H51N6O.Pt/c1-50-45-72(75-48-63(50)73-70(79-64-37-13-9-31-59(64)60-32-10-14-38-65(60)79)43-22-44-71(73)80-66-39-15-11-33-61(66)62-34-12-16-40-67(62)80)78(74-57(51-23-5-3-6-24-51)35-21-36-58(74)52-25-7-4-8-26-52)54-28-20-30-56(47-54)81-55-29-19-27-53(46-55)77-49-76(2)68-41-17-18-42-69(68)77;/h3-45,48-49H,1-2H3;/q-3;/i1D3;. The summed E-state index contributed by atoms with van der Waals surface area (Å²) >= 11 is 0. The number of benzene rings is 11. The molecular weight excluding hydrogens is 1180 g/mol. The first-order valence-electron chi connectivity index (χ1n) is 28.6. The summed E-state index contributed by atoms with van der Waals surface area (Å²) in [5.41, 5.74) is 14.9. The van der Waals surface area contributed by atoms with E-state index in [4.69, 9.17) is 9.72 Å². The largest absolute Gasteiger partial charge is 0.509 e. The molecule has 0 bridgehead atoms. The fourth-order valence-corrected chi connectivity index (χ4v) is 12.0. The van der Waals surface area contributed by atoms with Gasteiger partial charge in [0.1, 0.15) is 5.82 Å². The third kappa shape index (κ3) is 8.52. The summed E-state index contributed by atoms with van der Waals surface area (Å²) in [7, 11) is 2.03. The molecule has 0 amide bonds. The zero-order valence-electron chi connectivity index (χ0n) is 47.4. The second-order valence-electron chi connectivity index (χ2n) is 20.3. The van der Waals surface area contributed by atoms with E-state index in [1.807, 2.05) is 104 Å². The number of nitrogens with zero attached hydrogens (tertiary/aromatic N) is 6. The molecule has 11 aromatic carbocycles. The minimum absolute atomic E-state index is 0. The van der Waals surface area contributed by atoms with Crippen LogP contribution in [0.5, 0.6) is 11.5 Å². The van der Waals surface area contributed by atoms with Crippen molar-refractivity contribution in [1.82, 2.24) is 14.1 Å². The Bertz CT molecular complexity index is 4550. The zero-order valence-corrected chi connectivity index (χ0v) is 46.7. The van der Waals surface area contributed by atoms with Gasteiger partial charge in [-0.3, -0.25) is 0 Å². The molecule has 14 aromatic rings. The van der Waals surface area contributed by atoms with Gasteiger partial charge >= 0.3 is 0 Å². The maximum Gasteiger partial charge on any atom is 0.135 e. The molecule has 82 heavy (non-hydrogen) atoms. The molecule has 0 saturated heterocycles. The molecule has 1 aliphatic rings. The van der Waals surface area contributed by atoms with E-state index in [1.165, 1.54) is 0 Å². The predicted molar refractivity (Wildman–Crippen MR) is 334 cm³/mol.